The molecule has 106 valence electrons. The highest BCUT2D eigenvalue weighted by Crippen LogP contribution is 2.23. The zero-order valence-electron chi connectivity index (χ0n) is 10.8. The molecule has 0 fully saturated rings. The molecule has 7 heteroatoms. The molecule has 0 unspecified atom stereocenters. The SMILES string of the molecule is Cc1nc(Cc2ccc(C(=O)O)o2)sc1CCC(=O)O. The zero-order chi connectivity index (χ0) is 14.7. The molecule has 0 bridgehead atoms. The first-order chi connectivity index (χ1) is 9.45. The number of thiazole rings is 1. The monoisotopic (exact) mass is 295 g/mol. The van der Waals surface area contributed by atoms with E-state index < -0.39 is 11.9 Å². The Morgan fingerprint density at radius 3 is 2.70 bits per heavy atom. The normalized spacial score (nSPS) is 10.7. The van der Waals surface area contributed by atoms with Gasteiger partial charge < -0.3 is 14.6 Å². The zero-order valence-corrected chi connectivity index (χ0v) is 11.6. The highest BCUT2D eigenvalue weighted by atomic mass is 32.1. The molecule has 0 aliphatic heterocycles. The van der Waals surface area contributed by atoms with E-state index in [1.54, 1.807) is 6.07 Å². The van der Waals surface area contributed by atoms with E-state index in [9.17, 15) is 9.59 Å². The van der Waals surface area contributed by atoms with Gasteiger partial charge in [-0.3, -0.25) is 4.79 Å². The van der Waals surface area contributed by atoms with Crippen LogP contribution in [-0.2, 0) is 17.6 Å². The number of furan rings is 1. The van der Waals surface area contributed by atoms with Crippen molar-refractivity contribution in [3.05, 3.63) is 39.2 Å². The molecule has 0 saturated heterocycles. The van der Waals surface area contributed by atoms with E-state index >= 15 is 0 Å². The Bertz CT molecular complexity index is 643. The Kier molecular flexibility index (Phi) is 4.19. The van der Waals surface area contributed by atoms with E-state index in [4.69, 9.17) is 14.6 Å². The number of carbonyl (C=O) groups is 2. The topological polar surface area (TPSA) is 101 Å². The summed E-state index contributed by atoms with van der Waals surface area (Å²) >= 11 is 1.43. The number of aromatic nitrogens is 1. The first-order valence-corrected chi connectivity index (χ1v) is 6.76. The standard InChI is InChI=1S/C13H13NO5S/c1-7-10(4-5-12(15)16)20-11(14-7)6-8-2-3-9(19-8)13(17)18/h2-3H,4-6H2,1H3,(H,15,16)(H,17,18). The Labute approximate surface area is 118 Å². The Balaban J connectivity index is 2.07. The van der Waals surface area contributed by atoms with Gasteiger partial charge in [-0.2, -0.15) is 0 Å². The molecule has 2 rings (SSSR count). The molecular formula is C13H13NO5S. The van der Waals surface area contributed by atoms with Gasteiger partial charge in [0.25, 0.3) is 0 Å². The number of hydrogen-bond donors (Lipinski definition) is 2. The number of aromatic carboxylic acids is 1. The summed E-state index contributed by atoms with van der Waals surface area (Å²) < 4.78 is 5.17. The fourth-order valence-electron chi connectivity index (χ4n) is 1.75. The van der Waals surface area contributed by atoms with Crippen LogP contribution < -0.4 is 0 Å². The average Bonchev–Trinajstić information content (AvgIpc) is 2.94. The van der Waals surface area contributed by atoms with Crippen LogP contribution in [0.5, 0.6) is 0 Å². The lowest BCUT2D eigenvalue weighted by molar-refractivity contribution is -0.136. The summed E-state index contributed by atoms with van der Waals surface area (Å²) in [5, 5.41) is 18.2. The van der Waals surface area contributed by atoms with E-state index in [0.29, 0.717) is 18.6 Å². The molecule has 2 aromatic heterocycles. The number of hydrogen-bond acceptors (Lipinski definition) is 5. The summed E-state index contributed by atoms with van der Waals surface area (Å²) in [4.78, 5) is 26.6. The predicted octanol–water partition coefficient (Wildman–Crippen LogP) is 2.35. The summed E-state index contributed by atoms with van der Waals surface area (Å²) in [5.41, 5.74) is 0.816. The van der Waals surface area contributed by atoms with Crippen molar-refractivity contribution in [2.45, 2.75) is 26.2 Å². The van der Waals surface area contributed by atoms with Crippen LogP contribution >= 0.6 is 11.3 Å². The minimum atomic E-state index is -1.10. The van der Waals surface area contributed by atoms with Gasteiger partial charge in [-0.25, -0.2) is 9.78 Å². The van der Waals surface area contributed by atoms with Gasteiger partial charge in [0, 0.05) is 4.88 Å². The fourth-order valence-corrected chi connectivity index (χ4v) is 2.83. The van der Waals surface area contributed by atoms with E-state index in [0.717, 1.165) is 15.6 Å². The maximum atomic E-state index is 10.7. The lowest BCUT2D eigenvalue weighted by atomic mass is 10.2. The molecule has 6 nitrogen and oxygen atoms in total. The third-order valence-corrected chi connectivity index (χ3v) is 3.92. The van der Waals surface area contributed by atoms with Gasteiger partial charge in [-0.05, 0) is 25.5 Å². The second-order valence-corrected chi connectivity index (χ2v) is 5.43. The number of carboxylic acids is 2. The molecule has 20 heavy (non-hydrogen) atoms. The molecule has 2 N–H and O–H groups in total. The maximum absolute atomic E-state index is 10.7. The fraction of sp³-hybridized carbons (Fsp3) is 0.308. The van der Waals surface area contributed by atoms with Crippen LogP contribution in [0.15, 0.2) is 16.5 Å². The van der Waals surface area contributed by atoms with Crippen LogP contribution in [0.3, 0.4) is 0 Å². The molecule has 2 aromatic rings. The Hall–Kier alpha value is -2.15. The maximum Gasteiger partial charge on any atom is 0.371 e. The van der Waals surface area contributed by atoms with Crippen LogP contribution in [0.25, 0.3) is 0 Å². The summed E-state index contributed by atoms with van der Waals surface area (Å²) in [7, 11) is 0. The van der Waals surface area contributed by atoms with Crippen LogP contribution in [0.4, 0.5) is 0 Å². The van der Waals surface area contributed by atoms with Crippen molar-refractivity contribution in [1.82, 2.24) is 4.98 Å². The summed E-state index contributed by atoms with van der Waals surface area (Å²) in [6, 6.07) is 3.01. The summed E-state index contributed by atoms with van der Waals surface area (Å²) in [6.45, 7) is 1.84. The quantitative estimate of drug-likeness (QED) is 0.848. The van der Waals surface area contributed by atoms with Gasteiger partial charge in [0.2, 0.25) is 5.76 Å². The molecular weight excluding hydrogens is 282 g/mol. The first kappa shape index (κ1) is 14.3. The van der Waals surface area contributed by atoms with Gasteiger partial charge in [0.15, 0.2) is 0 Å². The van der Waals surface area contributed by atoms with Crippen molar-refractivity contribution in [1.29, 1.82) is 0 Å². The van der Waals surface area contributed by atoms with Crippen LogP contribution in [-0.4, -0.2) is 27.1 Å². The van der Waals surface area contributed by atoms with Crippen molar-refractivity contribution < 1.29 is 24.2 Å². The van der Waals surface area contributed by atoms with Crippen LogP contribution in [0, 0.1) is 6.92 Å². The molecule has 0 spiro atoms. The van der Waals surface area contributed by atoms with Gasteiger partial charge in [0.1, 0.15) is 10.8 Å². The number of nitrogens with zero attached hydrogens (tertiary/aromatic N) is 1. The van der Waals surface area contributed by atoms with Crippen molar-refractivity contribution in [2.24, 2.45) is 0 Å². The molecule has 0 aliphatic rings. The highest BCUT2D eigenvalue weighted by molar-refractivity contribution is 7.11. The smallest absolute Gasteiger partial charge is 0.371 e. The van der Waals surface area contributed by atoms with Crippen molar-refractivity contribution in [3.8, 4) is 0 Å². The number of rotatable bonds is 6. The Morgan fingerprint density at radius 2 is 2.10 bits per heavy atom. The van der Waals surface area contributed by atoms with Gasteiger partial charge >= 0.3 is 11.9 Å². The predicted molar refractivity (Wildman–Crippen MR) is 71.3 cm³/mol. The van der Waals surface area contributed by atoms with Crippen molar-refractivity contribution >= 4 is 23.3 Å². The minimum absolute atomic E-state index is 0.0758. The van der Waals surface area contributed by atoms with Gasteiger partial charge in [-0.15, -0.1) is 11.3 Å². The molecule has 2 heterocycles. The second-order valence-electron chi connectivity index (χ2n) is 4.26. The summed E-state index contributed by atoms with van der Waals surface area (Å²) in [6.07, 6.45) is 0.940. The molecule has 0 atom stereocenters. The Morgan fingerprint density at radius 1 is 1.35 bits per heavy atom. The lowest BCUT2D eigenvalue weighted by Crippen LogP contribution is -1.96. The van der Waals surface area contributed by atoms with Crippen LogP contribution in [0.1, 0.15) is 38.3 Å². The van der Waals surface area contributed by atoms with E-state index in [-0.39, 0.29) is 12.2 Å². The van der Waals surface area contributed by atoms with Crippen LogP contribution in [0.2, 0.25) is 0 Å². The molecule has 0 amide bonds. The largest absolute Gasteiger partial charge is 0.481 e. The molecule has 0 aliphatic carbocycles. The highest BCUT2D eigenvalue weighted by Gasteiger charge is 2.13. The van der Waals surface area contributed by atoms with Gasteiger partial charge in [0.05, 0.1) is 18.5 Å². The minimum Gasteiger partial charge on any atom is -0.481 e. The van der Waals surface area contributed by atoms with Crippen molar-refractivity contribution in [3.63, 3.8) is 0 Å². The van der Waals surface area contributed by atoms with E-state index in [1.807, 2.05) is 6.92 Å². The molecule has 0 aromatic carbocycles. The lowest BCUT2D eigenvalue weighted by Gasteiger charge is -1.93. The first-order valence-electron chi connectivity index (χ1n) is 5.94. The average molecular weight is 295 g/mol. The molecule has 0 radical (unpaired) electrons. The van der Waals surface area contributed by atoms with Gasteiger partial charge in [-0.1, -0.05) is 0 Å². The summed E-state index contributed by atoms with van der Waals surface area (Å²) in [5.74, 6) is -1.51. The third kappa shape index (κ3) is 3.45. The molecule has 0 saturated carbocycles. The van der Waals surface area contributed by atoms with Crippen molar-refractivity contribution in [2.75, 3.05) is 0 Å². The van der Waals surface area contributed by atoms with E-state index in [2.05, 4.69) is 4.98 Å². The second kappa shape index (κ2) is 5.87. The number of aryl methyl sites for hydroxylation is 2. The van der Waals surface area contributed by atoms with E-state index in [1.165, 1.54) is 17.4 Å². The third-order valence-electron chi connectivity index (χ3n) is 2.70. The number of aliphatic carboxylic acids is 1. The number of carboxylic acid groups (broad SMARTS) is 2.